The summed E-state index contributed by atoms with van der Waals surface area (Å²) in [6.45, 7) is 0. The minimum Gasteiger partial charge on any atom is -0.497 e. The maximum absolute atomic E-state index is 12.3. The Morgan fingerprint density at radius 1 is 1.19 bits per heavy atom. The third-order valence-electron chi connectivity index (χ3n) is 3.78. The summed E-state index contributed by atoms with van der Waals surface area (Å²) in [6.07, 6.45) is 1.57. The van der Waals surface area contributed by atoms with Gasteiger partial charge in [-0.05, 0) is 30.7 Å². The average Bonchev–Trinajstić information content (AvgIpc) is 3.20. The van der Waals surface area contributed by atoms with E-state index in [0.717, 1.165) is 0 Å². The number of aromatic nitrogens is 1. The van der Waals surface area contributed by atoms with Gasteiger partial charge in [-0.3, -0.25) is 19.7 Å². The van der Waals surface area contributed by atoms with E-state index in [1.165, 1.54) is 14.2 Å². The number of aromatic amines is 1. The highest BCUT2D eigenvalue weighted by molar-refractivity contribution is 6.03. The molecule has 2 rings (SSSR count). The number of hydrogen-bond donors (Lipinski definition) is 4. The molecule has 1 heterocycles. The summed E-state index contributed by atoms with van der Waals surface area (Å²) in [4.78, 5) is 38.6. The smallest absolute Gasteiger partial charge is 0.274 e. The van der Waals surface area contributed by atoms with Crippen LogP contribution in [0.4, 0.5) is 5.69 Å². The lowest BCUT2D eigenvalue weighted by atomic mass is 10.1. The molecule has 9 nitrogen and oxygen atoms in total. The van der Waals surface area contributed by atoms with E-state index in [-0.39, 0.29) is 18.5 Å². The summed E-state index contributed by atoms with van der Waals surface area (Å²) >= 11 is 0. The first kappa shape index (κ1) is 20.0. The monoisotopic (exact) mass is 374 g/mol. The lowest BCUT2D eigenvalue weighted by Crippen LogP contribution is -2.38. The van der Waals surface area contributed by atoms with Crippen molar-refractivity contribution in [3.05, 3.63) is 42.2 Å². The number of carbonyl (C=O) groups is 3. The van der Waals surface area contributed by atoms with Crippen molar-refractivity contribution in [1.82, 2.24) is 10.3 Å². The zero-order chi connectivity index (χ0) is 19.8. The summed E-state index contributed by atoms with van der Waals surface area (Å²) in [5.74, 6) is -0.543. The molecule has 1 aromatic carbocycles. The van der Waals surface area contributed by atoms with Crippen LogP contribution in [0.2, 0.25) is 0 Å². The maximum Gasteiger partial charge on any atom is 0.274 e. The molecule has 0 radical (unpaired) electrons. The number of hydrogen-bond acceptors (Lipinski definition) is 6. The van der Waals surface area contributed by atoms with Crippen molar-refractivity contribution >= 4 is 23.4 Å². The molecule has 144 valence electrons. The Balaban J connectivity index is 1.86. The summed E-state index contributed by atoms with van der Waals surface area (Å²) in [5, 5.41) is 4.88. The Labute approximate surface area is 156 Å². The van der Waals surface area contributed by atoms with E-state index in [1.54, 1.807) is 36.5 Å². The summed E-state index contributed by atoms with van der Waals surface area (Å²) in [7, 11) is 2.98. The van der Waals surface area contributed by atoms with E-state index in [2.05, 4.69) is 15.6 Å². The molecule has 5 N–H and O–H groups in total. The van der Waals surface area contributed by atoms with Crippen molar-refractivity contribution in [2.45, 2.75) is 18.9 Å². The van der Waals surface area contributed by atoms with Crippen LogP contribution in [0.25, 0.3) is 0 Å². The highest BCUT2D eigenvalue weighted by atomic mass is 16.5. The first-order chi connectivity index (χ1) is 12.9. The Bertz CT molecular complexity index is 804. The molecule has 3 amide bonds. The minimum atomic E-state index is -0.938. The van der Waals surface area contributed by atoms with Gasteiger partial charge in [-0.1, -0.05) is 0 Å². The molecule has 0 aliphatic carbocycles. The molecule has 0 aliphatic rings. The molecule has 0 unspecified atom stereocenters. The third-order valence-corrected chi connectivity index (χ3v) is 3.78. The lowest BCUT2D eigenvalue weighted by molar-refractivity contribution is -0.120. The van der Waals surface area contributed by atoms with Crippen LogP contribution in [-0.2, 0) is 9.59 Å². The van der Waals surface area contributed by atoms with Crippen molar-refractivity contribution in [2.24, 2.45) is 5.73 Å². The van der Waals surface area contributed by atoms with Gasteiger partial charge in [-0.15, -0.1) is 0 Å². The van der Waals surface area contributed by atoms with Gasteiger partial charge in [-0.2, -0.15) is 0 Å². The van der Waals surface area contributed by atoms with Crippen LogP contribution in [-0.4, -0.2) is 43.0 Å². The van der Waals surface area contributed by atoms with Crippen LogP contribution >= 0.6 is 0 Å². The van der Waals surface area contributed by atoms with Crippen molar-refractivity contribution < 1.29 is 23.9 Å². The van der Waals surface area contributed by atoms with Crippen LogP contribution in [0.15, 0.2) is 36.5 Å². The molecule has 0 spiro atoms. The van der Waals surface area contributed by atoms with E-state index in [0.29, 0.717) is 17.2 Å². The predicted molar refractivity (Wildman–Crippen MR) is 98.7 cm³/mol. The SMILES string of the molecule is COc1ccc(OC)c(NC(=O)[C@@H](N)CCC(=O)NC(=O)c2ccc[nH]2)c1. The van der Waals surface area contributed by atoms with Crippen LogP contribution in [0, 0.1) is 0 Å². The number of imide groups is 1. The van der Waals surface area contributed by atoms with Gasteiger partial charge in [0.1, 0.15) is 17.2 Å². The van der Waals surface area contributed by atoms with E-state index < -0.39 is 23.8 Å². The summed E-state index contributed by atoms with van der Waals surface area (Å²) in [6, 6.07) is 7.20. The van der Waals surface area contributed by atoms with Crippen LogP contribution in [0.1, 0.15) is 23.3 Å². The quantitative estimate of drug-likeness (QED) is 0.545. The van der Waals surface area contributed by atoms with E-state index in [1.807, 2.05) is 0 Å². The number of rotatable bonds is 8. The number of nitrogens with two attached hydrogens (primary N) is 1. The van der Waals surface area contributed by atoms with Gasteiger partial charge >= 0.3 is 0 Å². The zero-order valence-corrected chi connectivity index (χ0v) is 15.1. The molecule has 0 fully saturated rings. The van der Waals surface area contributed by atoms with Gasteiger partial charge in [0, 0.05) is 18.7 Å². The second-order valence-electron chi connectivity index (χ2n) is 5.66. The van der Waals surface area contributed by atoms with Gasteiger partial charge in [-0.25, -0.2) is 0 Å². The number of methoxy groups -OCH3 is 2. The standard InChI is InChI=1S/C18H22N4O5/c1-26-11-5-7-15(27-2)14(10-11)21-17(24)12(19)6-8-16(23)22-18(25)13-4-3-9-20-13/h3-5,7,9-10,12,20H,6,8,19H2,1-2H3,(H,21,24)(H,22,23,25)/t12-/m0/s1. The van der Waals surface area contributed by atoms with E-state index >= 15 is 0 Å². The molecule has 1 atom stereocenters. The number of carbonyl (C=O) groups excluding carboxylic acids is 3. The molecule has 0 saturated heterocycles. The maximum atomic E-state index is 12.3. The molecule has 0 saturated carbocycles. The fourth-order valence-corrected chi connectivity index (χ4v) is 2.28. The first-order valence-corrected chi connectivity index (χ1v) is 8.20. The predicted octanol–water partition coefficient (Wildman–Crippen LogP) is 1.03. The molecule has 2 aromatic rings. The lowest BCUT2D eigenvalue weighted by Gasteiger charge is -2.15. The number of amides is 3. The van der Waals surface area contributed by atoms with Crippen molar-refractivity contribution in [3.63, 3.8) is 0 Å². The fourth-order valence-electron chi connectivity index (χ4n) is 2.28. The normalized spacial score (nSPS) is 11.4. The van der Waals surface area contributed by atoms with E-state index in [9.17, 15) is 14.4 Å². The minimum absolute atomic E-state index is 0.0714. The van der Waals surface area contributed by atoms with Crippen molar-refractivity contribution in [2.75, 3.05) is 19.5 Å². The highest BCUT2D eigenvalue weighted by Crippen LogP contribution is 2.28. The van der Waals surface area contributed by atoms with Crippen molar-refractivity contribution in [3.8, 4) is 11.5 Å². The number of benzene rings is 1. The molecule has 0 bridgehead atoms. The number of ether oxygens (including phenoxy) is 2. The van der Waals surface area contributed by atoms with Crippen LogP contribution in [0.3, 0.4) is 0 Å². The Morgan fingerprint density at radius 3 is 2.59 bits per heavy atom. The molecule has 27 heavy (non-hydrogen) atoms. The summed E-state index contributed by atoms with van der Waals surface area (Å²) in [5.41, 5.74) is 6.53. The molecule has 1 aromatic heterocycles. The number of nitrogens with one attached hydrogen (secondary N) is 3. The zero-order valence-electron chi connectivity index (χ0n) is 15.1. The molecular formula is C18H22N4O5. The van der Waals surface area contributed by atoms with Crippen LogP contribution < -0.4 is 25.8 Å². The van der Waals surface area contributed by atoms with E-state index in [4.69, 9.17) is 15.2 Å². The molecule has 0 aliphatic heterocycles. The van der Waals surface area contributed by atoms with Crippen molar-refractivity contribution in [1.29, 1.82) is 0 Å². The molecule has 9 heteroatoms. The number of H-pyrrole nitrogens is 1. The Hall–Kier alpha value is -3.33. The second kappa shape index (κ2) is 9.39. The van der Waals surface area contributed by atoms with Gasteiger partial charge in [0.05, 0.1) is 25.9 Å². The second-order valence-corrected chi connectivity index (χ2v) is 5.66. The van der Waals surface area contributed by atoms with Gasteiger partial charge in [0.15, 0.2) is 0 Å². The summed E-state index contributed by atoms with van der Waals surface area (Å²) < 4.78 is 10.3. The molecular weight excluding hydrogens is 352 g/mol. The Morgan fingerprint density at radius 2 is 1.96 bits per heavy atom. The fraction of sp³-hybridized carbons (Fsp3) is 0.278. The third kappa shape index (κ3) is 5.58. The average molecular weight is 374 g/mol. The highest BCUT2D eigenvalue weighted by Gasteiger charge is 2.18. The topological polar surface area (TPSA) is 136 Å². The largest absolute Gasteiger partial charge is 0.497 e. The first-order valence-electron chi connectivity index (χ1n) is 8.20. The number of anilines is 1. The van der Waals surface area contributed by atoms with Crippen LogP contribution in [0.5, 0.6) is 11.5 Å². The van der Waals surface area contributed by atoms with Gasteiger partial charge in [0.2, 0.25) is 11.8 Å². The van der Waals surface area contributed by atoms with Gasteiger partial charge < -0.3 is 25.5 Å². The van der Waals surface area contributed by atoms with Gasteiger partial charge in [0.25, 0.3) is 5.91 Å². The Kier molecular flexibility index (Phi) is 6.95.